The van der Waals surface area contributed by atoms with Gasteiger partial charge >= 0.3 is 0 Å². The number of hydrogen-bond acceptors (Lipinski definition) is 5. The molecule has 0 atom stereocenters. The maximum Gasteiger partial charge on any atom is 0.266 e. The average molecular weight is 322 g/mol. The number of benzene rings is 1. The summed E-state index contributed by atoms with van der Waals surface area (Å²) in [4.78, 5) is 0.0375. The van der Waals surface area contributed by atoms with Crippen molar-refractivity contribution in [2.24, 2.45) is 0 Å². The molecule has 0 radical (unpaired) electrons. The van der Waals surface area contributed by atoms with Gasteiger partial charge in [0.2, 0.25) is 10.0 Å². The molecule has 9 heteroatoms. The third-order valence-corrected chi connectivity index (χ3v) is 5.20. The smallest absolute Gasteiger partial charge is 0.266 e. The molecule has 0 amide bonds. The summed E-state index contributed by atoms with van der Waals surface area (Å²) >= 11 is 0. The summed E-state index contributed by atoms with van der Waals surface area (Å²) in [5.41, 5.74) is 5.93. The summed E-state index contributed by atoms with van der Waals surface area (Å²) in [6.07, 6.45) is 0.527. The van der Waals surface area contributed by atoms with E-state index in [1.807, 2.05) is 0 Å². The van der Waals surface area contributed by atoms with Gasteiger partial charge < -0.3 is 5.73 Å². The average Bonchev–Trinajstić information content (AvgIpc) is 2.33. The van der Waals surface area contributed by atoms with E-state index in [1.165, 1.54) is 24.3 Å². The van der Waals surface area contributed by atoms with Gasteiger partial charge in [-0.1, -0.05) is 6.92 Å². The van der Waals surface area contributed by atoms with Crippen molar-refractivity contribution in [3.8, 4) is 0 Å². The fourth-order valence-corrected chi connectivity index (χ4v) is 3.71. The Hall–Kier alpha value is -1.16. The topological polar surface area (TPSA) is 118 Å². The predicted octanol–water partition coefficient (Wildman–Crippen LogP) is 0.557. The van der Waals surface area contributed by atoms with Crippen LogP contribution in [-0.4, -0.2) is 44.5 Å². The Labute approximate surface area is 119 Å². The molecule has 0 spiro atoms. The van der Waals surface area contributed by atoms with Crippen LogP contribution in [0, 0.1) is 0 Å². The molecular weight excluding hydrogens is 304 g/mol. The summed E-state index contributed by atoms with van der Waals surface area (Å²) in [6, 6.07) is 5.64. The molecule has 1 aromatic rings. The minimum atomic E-state index is -4.21. The molecule has 1 rings (SSSR count). The van der Waals surface area contributed by atoms with Crippen molar-refractivity contribution < 1.29 is 21.4 Å². The SMILES string of the molecule is CCCN(CCS(=O)(=O)O)S(=O)(=O)c1ccc(N)cc1. The second kappa shape index (κ2) is 6.53. The largest absolute Gasteiger partial charge is 0.399 e. The van der Waals surface area contributed by atoms with Crippen LogP contribution in [0.2, 0.25) is 0 Å². The van der Waals surface area contributed by atoms with Gasteiger partial charge in [-0.2, -0.15) is 12.7 Å². The van der Waals surface area contributed by atoms with Gasteiger partial charge in [0.1, 0.15) is 0 Å². The number of nitrogens with two attached hydrogens (primary N) is 1. The highest BCUT2D eigenvalue weighted by Gasteiger charge is 2.24. The van der Waals surface area contributed by atoms with Gasteiger partial charge in [0, 0.05) is 18.8 Å². The molecule has 20 heavy (non-hydrogen) atoms. The van der Waals surface area contributed by atoms with Crippen LogP contribution in [0.5, 0.6) is 0 Å². The highest BCUT2D eigenvalue weighted by molar-refractivity contribution is 7.89. The van der Waals surface area contributed by atoms with E-state index in [0.29, 0.717) is 12.1 Å². The zero-order chi connectivity index (χ0) is 15.4. The quantitative estimate of drug-likeness (QED) is 0.559. The zero-order valence-electron chi connectivity index (χ0n) is 11.1. The fraction of sp³-hybridized carbons (Fsp3) is 0.455. The van der Waals surface area contributed by atoms with E-state index >= 15 is 0 Å². The van der Waals surface area contributed by atoms with Crippen molar-refractivity contribution in [1.82, 2.24) is 4.31 Å². The van der Waals surface area contributed by atoms with Crippen LogP contribution in [0.4, 0.5) is 5.69 Å². The van der Waals surface area contributed by atoms with E-state index in [2.05, 4.69) is 0 Å². The van der Waals surface area contributed by atoms with Crippen molar-refractivity contribution in [3.05, 3.63) is 24.3 Å². The molecule has 114 valence electrons. The van der Waals surface area contributed by atoms with Gasteiger partial charge in [-0.15, -0.1) is 0 Å². The molecule has 0 heterocycles. The van der Waals surface area contributed by atoms with Crippen LogP contribution in [-0.2, 0) is 20.1 Å². The summed E-state index contributed by atoms with van der Waals surface area (Å²) in [5.74, 6) is -0.638. The van der Waals surface area contributed by atoms with Crippen LogP contribution in [0.25, 0.3) is 0 Å². The lowest BCUT2D eigenvalue weighted by Gasteiger charge is -2.21. The predicted molar refractivity (Wildman–Crippen MR) is 76.3 cm³/mol. The van der Waals surface area contributed by atoms with E-state index < -0.39 is 25.9 Å². The van der Waals surface area contributed by atoms with Crippen LogP contribution >= 0.6 is 0 Å². The monoisotopic (exact) mass is 322 g/mol. The highest BCUT2D eigenvalue weighted by Crippen LogP contribution is 2.17. The van der Waals surface area contributed by atoms with E-state index in [1.54, 1.807) is 6.92 Å². The minimum absolute atomic E-state index is 0.0375. The Balaban J connectivity index is 3.02. The Morgan fingerprint density at radius 2 is 1.65 bits per heavy atom. The van der Waals surface area contributed by atoms with E-state index in [9.17, 15) is 16.8 Å². The molecule has 0 aliphatic rings. The molecule has 7 nitrogen and oxygen atoms in total. The standard InChI is InChI=1S/C11H18N2O5S2/c1-2-7-13(8-9-19(14,15)16)20(17,18)11-5-3-10(12)4-6-11/h3-6H,2,7-9,12H2,1H3,(H,14,15,16). The molecule has 1 aromatic carbocycles. The Morgan fingerprint density at radius 3 is 2.10 bits per heavy atom. The van der Waals surface area contributed by atoms with Crippen molar-refractivity contribution in [3.63, 3.8) is 0 Å². The lowest BCUT2D eigenvalue weighted by molar-refractivity contribution is 0.417. The lowest BCUT2D eigenvalue weighted by Crippen LogP contribution is -2.35. The third kappa shape index (κ3) is 4.75. The number of anilines is 1. The number of nitrogens with zero attached hydrogens (tertiary/aromatic N) is 1. The molecular formula is C11H18N2O5S2. The van der Waals surface area contributed by atoms with E-state index in [0.717, 1.165) is 4.31 Å². The summed E-state index contributed by atoms with van der Waals surface area (Å²) in [6.45, 7) is 1.65. The summed E-state index contributed by atoms with van der Waals surface area (Å²) < 4.78 is 56.0. The van der Waals surface area contributed by atoms with Gasteiger partial charge in [0.25, 0.3) is 10.1 Å². The number of rotatable bonds is 7. The van der Waals surface area contributed by atoms with Gasteiger partial charge in [-0.05, 0) is 30.7 Å². The maximum absolute atomic E-state index is 12.4. The van der Waals surface area contributed by atoms with Gasteiger partial charge in [-0.25, -0.2) is 8.42 Å². The Bertz CT molecular complexity index is 638. The van der Waals surface area contributed by atoms with Gasteiger partial charge in [0.15, 0.2) is 0 Å². The van der Waals surface area contributed by atoms with Crippen LogP contribution < -0.4 is 5.73 Å². The molecule has 0 unspecified atom stereocenters. The number of hydrogen-bond donors (Lipinski definition) is 2. The Kier molecular flexibility index (Phi) is 5.51. The van der Waals surface area contributed by atoms with Crippen LogP contribution in [0.15, 0.2) is 29.2 Å². The first-order valence-electron chi connectivity index (χ1n) is 5.97. The molecule has 0 bridgehead atoms. The lowest BCUT2D eigenvalue weighted by atomic mass is 10.3. The number of sulfonamides is 1. The van der Waals surface area contributed by atoms with Gasteiger partial charge in [0.05, 0.1) is 10.6 Å². The summed E-state index contributed by atoms with van der Waals surface area (Å²) in [5, 5.41) is 0. The highest BCUT2D eigenvalue weighted by atomic mass is 32.2. The minimum Gasteiger partial charge on any atom is -0.399 e. The van der Waals surface area contributed by atoms with E-state index in [-0.39, 0.29) is 18.0 Å². The fourth-order valence-electron chi connectivity index (χ4n) is 1.61. The molecule has 3 N–H and O–H groups in total. The molecule has 0 fully saturated rings. The van der Waals surface area contributed by atoms with Crippen molar-refractivity contribution in [2.75, 3.05) is 24.6 Å². The zero-order valence-corrected chi connectivity index (χ0v) is 12.7. The van der Waals surface area contributed by atoms with Crippen molar-refractivity contribution >= 4 is 25.8 Å². The third-order valence-electron chi connectivity index (χ3n) is 2.59. The molecule has 0 saturated heterocycles. The molecule has 0 aliphatic heterocycles. The summed E-state index contributed by atoms with van der Waals surface area (Å²) in [7, 11) is -8.01. The molecule has 0 aromatic heterocycles. The molecule has 0 saturated carbocycles. The van der Waals surface area contributed by atoms with E-state index in [4.69, 9.17) is 10.3 Å². The second-order valence-electron chi connectivity index (χ2n) is 4.26. The Morgan fingerprint density at radius 1 is 1.10 bits per heavy atom. The first-order chi connectivity index (χ1) is 9.16. The second-order valence-corrected chi connectivity index (χ2v) is 7.77. The first-order valence-corrected chi connectivity index (χ1v) is 9.02. The van der Waals surface area contributed by atoms with Crippen molar-refractivity contribution in [1.29, 1.82) is 0 Å². The normalized spacial score (nSPS) is 12.8. The van der Waals surface area contributed by atoms with Gasteiger partial charge in [-0.3, -0.25) is 4.55 Å². The number of nitrogen functional groups attached to an aromatic ring is 1. The molecule has 0 aliphatic carbocycles. The first kappa shape index (κ1) is 16.9. The van der Waals surface area contributed by atoms with Crippen LogP contribution in [0.3, 0.4) is 0 Å². The van der Waals surface area contributed by atoms with Crippen molar-refractivity contribution in [2.45, 2.75) is 18.2 Å². The van der Waals surface area contributed by atoms with Crippen LogP contribution in [0.1, 0.15) is 13.3 Å². The maximum atomic E-state index is 12.4.